The van der Waals surface area contributed by atoms with E-state index >= 15 is 0 Å². The average molecular weight is 175 g/mol. The van der Waals surface area contributed by atoms with Gasteiger partial charge in [-0.25, -0.2) is 0 Å². The first-order valence-electron chi connectivity index (χ1n) is 4.20. The molecule has 0 aromatic heterocycles. The first kappa shape index (κ1) is 11.0. The van der Waals surface area contributed by atoms with Crippen LogP contribution in [-0.4, -0.2) is 23.6 Å². The van der Waals surface area contributed by atoms with Crippen LogP contribution in [-0.2, 0) is 9.47 Å². The minimum absolute atomic E-state index is 0. The molecule has 0 aromatic rings. The van der Waals surface area contributed by atoms with E-state index < -0.39 is 0 Å². The van der Waals surface area contributed by atoms with Gasteiger partial charge in [-0.2, -0.15) is 6.10 Å². The van der Waals surface area contributed by atoms with Crippen molar-refractivity contribution in [3.8, 4) is 0 Å². The van der Waals surface area contributed by atoms with Crippen LogP contribution < -0.4 is 18.9 Å². The van der Waals surface area contributed by atoms with Crippen molar-refractivity contribution in [2.45, 2.75) is 38.8 Å². The van der Waals surface area contributed by atoms with Crippen molar-refractivity contribution in [2.75, 3.05) is 6.61 Å². The molecule has 0 radical (unpaired) electrons. The second-order valence-electron chi connectivity index (χ2n) is 4.46. The summed E-state index contributed by atoms with van der Waals surface area (Å²) < 4.78 is 10.8. The standard InChI is InChI=1S/C9H14NO2.Li/c1-8(2)5-11-7(10-8)6-9(3,4)12-6;/h5H2,1-4H3;/q-1;+1. The molecule has 2 aliphatic rings. The molecule has 0 atom stereocenters. The zero-order valence-electron chi connectivity index (χ0n) is 8.97. The van der Waals surface area contributed by atoms with Gasteiger partial charge in [-0.05, 0) is 19.4 Å². The number of aliphatic imine (C=N–C) groups is 1. The zero-order valence-corrected chi connectivity index (χ0v) is 8.97. The Morgan fingerprint density at radius 1 is 1.31 bits per heavy atom. The number of hydrogen-bond acceptors (Lipinski definition) is 3. The summed E-state index contributed by atoms with van der Waals surface area (Å²) in [5, 5.41) is 0. The Kier molecular flexibility index (Phi) is 2.49. The molecular weight excluding hydrogens is 161 g/mol. The second kappa shape index (κ2) is 2.95. The molecule has 0 aromatic carbocycles. The van der Waals surface area contributed by atoms with Crippen molar-refractivity contribution in [2.24, 2.45) is 4.99 Å². The third kappa shape index (κ3) is 2.04. The summed E-state index contributed by atoms with van der Waals surface area (Å²) in [5.74, 6) is 0.699. The molecule has 68 valence electrons. The Bertz CT molecular complexity index is 248. The van der Waals surface area contributed by atoms with Gasteiger partial charge in [0.05, 0.1) is 11.4 Å². The first-order valence-corrected chi connectivity index (χ1v) is 4.20. The molecule has 0 unspecified atom stereocenters. The van der Waals surface area contributed by atoms with Crippen molar-refractivity contribution in [1.82, 2.24) is 0 Å². The quantitative estimate of drug-likeness (QED) is 0.277. The smallest absolute Gasteiger partial charge is 0.535 e. The molecule has 13 heavy (non-hydrogen) atoms. The topological polar surface area (TPSA) is 34.1 Å². The molecule has 0 bridgehead atoms. The summed E-state index contributed by atoms with van der Waals surface area (Å²) in [6.07, 6.45) is 0.896. The maximum Gasteiger partial charge on any atom is 1.00 e. The van der Waals surface area contributed by atoms with E-state index in [0.29, 0.717) is 12.5 Å². The van der Waals surface area contributed by atoms with E-state index in [1.807, 2.05) is 13.8 Å². The zero-order chi connectivity index (χ0) is 8.98. The SMILES string of the molecule is CC1(C)COC([C-]2OC2(C)C)=N1.[Li+]. The molecule has 2 rings (SSSR count). The van der Waals surface area contributed by atoms with Crippen LogP contribution in [0.1, 0.15) is 27.7 Å². The summed E-state index contributed by atoms with van der Waals surface area (Å²) in [6, 6.07) is 0. The van der Waals surface area contributed by atoms with Crippen LogP contribution in [0.2, 0.25) is 0 Å². The molecule has 3 nitrogen and oxygen atoms in total. The fourth-order valence-corrected chi connectivity index (χ4v) is 1.23. The van der Waals surface area contributed by atoms with Gasteiger partial charge in [0.25, 0.3) is 0 Å². The van der Waals surface area contributed by atoms with E-state index in [2.05, 4.69) is 18.8 Å². The van der Waals surface area contributed by atoms with E-state index in [1.54, 1.807) is 0 Å². The number of ether oxygens (including phenoxy) is 2. The van der Waals surface area contributed by atoms with Crippen molar-refractivity contribution >= 4 is 5.90 Å². The maximum atomic E-state index is 5.42. The molecule has 0 amide bonds. The summed E-state index contributed by atoms with van der Waals surface area (Å²) in [7, 11) is 0. The average Bonchev–Trinajstić information content (AvgIpc) is 2.35. The molecular formula is C9H14LiNO2. The Labute approximate surface area is 91.1 Å². The fraction of sp³-hybridized carbons (Fsp3) is 0.778. The van der Waals surface area contributed by atoms with Crippen LogP contribution in [0.3, 0.4) is 0 Å². The Morgan fingerprint density at radius 3 is 2.15 bits per heavy atom. The van der Waals surface area contributed by atoms with Crippen LogP contribution in [0.5, 0.6) is 0 Å². The molecule has 1 fully saturated rings. The molecule has 0 saturated carbocycles. The van der Waals surface area contributed by atoms with Crippen LogP contribution in [0.4, 0.5) is 0 Å². The Morgan fingerprint density at radius 2 is 1.85 bits per heavy atom. The van der Waals surface area contributed by atoms with Gasteiger partial charge in [-0.1, -0.05) is 13.8 Å². The first-order chi connectivity index (χ1) is 5.41. The molecule has 2 heterocycles. The van der Waals surface area contributed by atoms with E-state index in [1.165, 1.54) is 0 Å². The fourth-order valence-electron chi connectivity index (χ4n) is 1.23. The maximum absolute atomic E-state index is 5.42. The van der Waals surface area contributed by atoms with E-state index in [4.69, 9.17) is 9.47 Å². The predicted octanol–water partition coefficient (Wildman–Crippen LogP) is -1.46. The van der Waals surface area contributed by atoms with Crippen molar-refractivity contribution in [3.63, 3.8) is 0 Å². The Hall–Kier alpha value is -0.103. The Balaban J connectivity index is 0.000000845. The molecule has 4 heteroatoms. The molecule has 0 aliphatic carbocycles. The molecule has 1 saturated heterocycles. The normalized spacial score (nSPS) is 27.4. The van der Waals surface area contributed by atoms with Crippen LogP contribution in [0, 0.1) is 6.10 Å². The summed E-state index contributed by atoms with van der Waals surface area (Å²) in [5.41, 5.74) is -0.219. The number of epoxide rings is 1. The third-order valence-corrected chi connectivity index (χ3v) is 2.02. The number of hydrogen-bond donors (Lipinski definition) is 0. The summed E-state index contributed by atoms with van der Waals surface area (Å²) in [4.78, 5) is 4.41. The van der Waals surface area contributed by atoms with Crippen molar-refractivity contribution in [3.05, 3.63) is 6.10 Å². The monoisotopic (exact) mass is 175 g/mol. The minimum atomic E-state index is -0.140. The van der Waals surface area contributed by atoms with Crippen LogP contribution in [0.15, 0.2) is 4.99 Å². The van der Waals surface area contributed by atoms with Crippen LogP contribution >= 0.6 is 0 Å². The van der Waals surface area contributed by atoms with Crippen LogP contribution in [0.25, 0.3) is 0 Å². The van der Waals surface area contributed by atoms with Crippen molar-refractivity contribution < 1.29 is 28.3 Å². The van der Waals surface area contributed by atoms with E-state index in [-0.39, 0.29) is 30.0 Å². The van der Waals surface area contributed by atoms with Gasteiger partial charge in [-0.15, -0.1) is 0 Å². The van der Waals surface area contributed by atoms with E-state index in [0.717, 1.165) is 6.10 Å². The largest absolute Gasteiger partial charge is 1.00 e. The molecule has 0 N–H and O–H groups in total. The minimum Gasteiger partial charge on any atom is -0.535 e. The number of rotatable bonds is 1. The van der Waals surface area contributed by atoms with Gasteiger partial charge in [0, 0.05) is 0 Å². The third-order valence-electron chi connectivity index (χ3n) is 2.02. The molecule has 0 spiro atoms. The summed E-state index contributed by atoms with van der Waals surface area (Å²) in [6.45, 7) is 8.79. The molecule has 2 aliphatic heterocycles. The van der Waals surface area contributed by atoms with Gasteiger partial charge in [0.1, 0.15) is 6.61 Å². The van der Waals surface area contributed by atoms with Gasteiger partial charge in [-0.3, -0.25) is 4.99 Å². The van der Waals surface area contributed by atoms with Gasteiger partial charge in [0.2, 0.25) is 0 Å². The van der Waals surface area contributed by atoms with Crippen molar-refractivity contribution in [1.29, 1.82) is 0 Å². The predicted molar refractivity (Wildman–Crippen MR) is 45.9 cm³/mol. The number of nitrogens with zero attached hydrogens (tertiary/aromatic N) is 1. The summed E-state index contributed by atoms with van der Waals surface area (Å²) >= 11 is 0. The van der Waals surface area contributed by atoms with E-state index in [9.17, 15) is 0 Å². The van der Waals surface area contributed by atoms with Gasteiger partial charge in [0.15, 0.2) is 0 Å². The van der Waals surface area contributed by atoms with Gasteiger partial charge >= 0.3 is 18.9 Å². The van der Waals surface area contributed by atoms with Gasteiger partial charge < -0.3 is 9.47 Å². The second-order valence-corrected chi connectivity index (χ2v) is 4.46.